The Balaban J connectivity index is 1.40. The van der Waals surface area contributed by atoms with Crippen molar-refractivity contribution in [2.24, 2.45) is 7.05 Å². The molecule has 0 saturated carbocycles. The van der Waals surface area contributed by atoms with Crippen molar-refractivity contribution in [3.63, 3.8) is 0 Å². The minimum absolute atomic E-state index is 0.310. The first-order valence-corrected chi connectivity index (χ1v) is 9.56. The lowest BCUT2D eigenvalue weighted by molar-refractivity contribution is 0.251. The molecule has 0 unspecified atom stereocenters. The van der Waals surface area contributed by atoms with E-state index in [4.69, 9.17) is 0 Å². The van der Waals surface area contributed by atoms with Crippen LogP contribution in [0.25, 0.3) is 22.5 Å². The number of thiazole rings is 1. The Morgan fingerprint density at radius 1 is 1.14 bits per heavy atom. The molecule has 2 amide bonds. The Morgan fingerprint density at radius 2 is 2.00 bits per heavy atom. The largest absolute Gasteiger partial charge is 0.334 e. The summed E-state index contributed by atoms with van der Waals surface area (Å²) in [5.74, 6) is 0. The van der Waals surface area contributed by atoms with Crippen molar-refractivity contribution in [2.75, 3.05) is 5.32 Å². The Kier molecular flexibility index (Phi) is 5.11. The standard InChI is InChI=1S/C20H18N6OS/c1-26-12-16(11-23-26)18-15(8-5-9-21-18)10-22-19(27)25-20-24-17(13-28-20)14-6-3-2-4-7-14/h2-9,11-13H,10H2,1H3,(H2,22,24,25,27). The normalized spacial score (nSPS) is 10.6. The molecule has 3 heterocycles. The van der Waals surface area contributed by atoms with E-state index in [-0.39, 0.29) is 6.03 Å². The average molecular weight is 390 g/mol. The molecule has 0 aliphatic rings. The molecule has 7 nitrogen and oxygen atoms in total. The van der Waals surface area contributed by atoms with Gasteiger partial charge in [0.25, 0.3) is 0 Å². The van der Waals surface area contributed by atoms with Gasteiger partial charge in [-0.15, -0.1) is 11.3 Å². The van der Waals surface area contributed by atoms with Crippen LogP contribution in [0.3, 0.4) is 0 Å². The zero-order chi connectivity index (χ0) is 19.3. The van der Waals surface area contributed by atoms with Gasteiger partial charge in [-0.3, -0.25) is 15.0 Å². The molecule has 0 aliphatic heterocycles. The van der Waals surface area contributed by atoms with E-state index in [0.29, 0.717) is 11.7 Å². The molecule has 3 aromatic heterocycles. The van der Waals surface area contributed by atoms with Crippen LogP contribution in [0, 0.1) is 0 Å². The van der Waals surface area contributed by atoms with Gasteiger partial charge in [0.05, 0.1) is 17.6 Å². The summed E-state index contributed by atoms with van der Waals surface area (Å²) in [7, 11) is 1.86. The number of carbonyl (C=O) groups excluding carboxylic acids is 1. The third-order valence-corrected chi connectivity index (χ3v) is 4.86. The zero-order valence-corrected chi connectivity index (χ0v) is 16.0. The van der Waals surface area contributed by atoms with Crippen LogP contribution >= 0.6 is 11.3 Å². The predicted molar refractivity (Wildman–Crippen MR) is 110 cm³/mol. The summed E-state index contributed by atoms with van der Waals surface area (Å²) in [5, 5.41) is 12.3. The molecule has 0 fully saturated rings. The van der Waals surface area contributed by atoms with Gasteiger partial charge in [-0.05, 0) is 11.6 Å². The lowest BCUT2D eigenvalue weighted by atomic mass is 10.1. The Labute approximate surface area is 166 Å². The highest BCUT2D eigenvalue weighted by Gasteiger charge is 2.11. The Bertz CT molecular complexity index is 1090. The summed E-state index contributed by atoms with van der Waals surface area (Å²) in [6.45, 7) is 0.348. The number of nitrogens with zero attached hydrogens (tertiary/aromatic N) is 4. The highest BCUT2D eigenvalue weighted by atomic mass is 32.1. The smallest absolute Gasteiger partial charge is 0.321 e. The number of hydrogen-bond donors (Lipinski definition) is 2. The molecule has 1 aromatic carbocycles. The van der Waals surface area contributed by atoms with Crippen LogP contribution in [0.4, 0.5) is 9.93 Å². The topological polar surface area (TPSA) is 84.7 Å². The molecular formula is C20H18N6OS. The molecule has 8 heteroatoms. The van der Waals surface area contributed by atoms with Gasteiger partial charge >= 0.3 is 6.03 Å². The fourth-order valence-electron chi connectivity index (χ4n) is 2.77. The number of aromatic nitrogens is 4. The van der Waals surface area contributed by atoms with E-state index < -0.39 is 0 Å². The number of carbonyl (C=O) groups is 1. The second kappa shape index (κ2) is 8.01. The van der Waals surface area contributed by atoms with E-state index in [1.165, 1.54) is 11.3 Å². The second-order valence-corrected chi connectivity index (χ2v) is 6.98. The number of anilines is 1. The third-order valence-electron chi connectivity index (χ3n) is 4.10. The zero-order valence-electron chi connectivity index (χ0n) is 15.2. The summed E-state index contributed by atoms with van der Waals surface area (Å²) >= 11 is 1.39. The van der Waals surface area contributed by atoms with Gasteiger partial charge in [-0.2, -0.15) is 5.10 Å². The number of hydrogen-bond acceptors (Lipinski definition) is 5. The molecular weight excluding hydrogens is 372 g/mol. The van der Waals surface area contributed by atoms with Crippen molar-refractivity contribution in [1.82, 2.24) is 25.1 Å². The van der Waals surface area contributed by atoms with Crippen molar-refractivity contribution in [3.8, 4) is 22.5 Å². The minimum atomic E-state index is -0.310. The maximum absolute atomic E-state index is 12.3. The van der Waals surface area contributed by atoms with Gasteiger partial charge < -0.3 is 5.32 Å². The average Bonchev–Trinajstić information content (AvgIpc) is 3.36. The summed E-state index contributed by atoms with van der Waals surface area (Å²) in [4.78, 5) is 21.2. The molecule has 0 bridgehead atoms. The van der Waals surface area contributed by atoms with E-state index in [0.717, 1.165) is 28.1 Å². The lowest BCUT2D eigenvalue weighted by Gasteiger charge is -2.09. The van der Waals surface area contributed by atoms with Gasteiger partial charge in [-0.1, -0.05) is 36.4 Å². The molecule has 0 aliphatic carbocycles. The maximum Gasteiger partial charge on any atom is 0.321 e. The SMILES string of the molecule is Cn1cc(-c2ncccc2CNC(=O)Nc2nc(-c3ccccc3)cs2)cn1. The first kappa shape index (κ1) is 17.9. The monoisotopic (exact) mass is 390 g/mol. The summed E-state index contributed by atoms with van der Waals surface area (Å²) in [6.07, 6.45) is 5.38. The van der Waals surface area contributed by atoms with E-state index in [1.54, 1.807) is 17.1 Å². The number of rotatable bonds is 5. The molecule has 4 aromatic rings. The van der Waals surface area contributed by atoms with Crippen molar-refractivity contribution >= 4 is 22.5 Å². The number of amides is 2. The van der Waals surface area contributed by atoms with Crippen molar-refractivity contribution < 1.29 is 4.79 Å². The van der Waals surface area contributed by atoms with Gasteiger partial charge in [0.1, 0.15) is 0 Å². The molecule has 28 heavy (non-hydrogen) atoms. The molecule has 2 N–H and O–H groups in total. The second-order valence-electron chi connectivity index (χ2n) is 6.13. The predicted octanol–water partition coefficient (Wildman–Crippen LogP) is 3.93. The molecule has 0 radical (unpaired) electrons. The van der Waals surface area contributed by atoms with Crippen molar-refractivity contribution in [1.29, 1.82) is 0 Å². The molecule has 0 saturated heterocycles. The molecule has 4 rings (SSSR count). The molecule has 0 spiro atoms. The van der Waals surface area contributed by atoms with Crippen LogP contribution < -0.4 is 10.6 Å². The van der Waals surface area contributed by atoms with Crippen LogP contribution in [0.15, 0.2) is 66.4 Å². The minimum Gasteiger partial charge on any atom is -0.334 e. The Morgan fingerprint density at radius 3 is 2.79 bits per heavy atom. The van der Waals surface area contributed by atoms with Crippen LogP contribution in [0.2, 0.25) is 0 Å². The van der Waals surface area contributed by atoms with Gasteiger partial charge in [0.2, 0.25) is 0 Å². The van der Waals surface area contributed by atoms with E-state index in [2.05, 4.69) is 25.7 Å². The van der Waals surface area contributed by atoms with Crippen LogP contribution in [0.1, 0.15) is 5.56 Å². The number of aryl methyl sites for hydroxylation is 1. The van der Waals surface area contributed by atoms with E-state index in [1.807, 2.05) is 61.1 Å². The van der Waals surface area contributed by atoms with E-state index in [9.17, 15) is 4.79 Å². The van der Waals surface area contributed by atoms with Gasteiger partial charge in [-0.25, -0.2) is 9.78 Å². The number of pyridine rings is 1. The van der Waals surface area contributed by atoms with Crippen molar-refractivity contribution in [3.05, 3.63) is 72.0 Å². The first-order chi connectivity index (χ1) is 13.7. The Hall–Kier alpha value is -3.52. The lowest BCUT2D eigenvalue weighted by Crippen LogP contribution is -2.28. The van der Waals surface area contributed by atoms with Crippen LogP contribution in [-0.4, -0.2) is 25.8 Å². The first-order valence-electron chi connectivity index (χ1n) is 8.68. The van der Waals surface area contributed by atoms with Crippen molar-refractivity contribution in [2.45, 2.75) is 6.54 Å². The number of nitrogens with one attached hydrogen (secondary N) is 2. The summed E-state index contributed by atoms with van der Waals surface area (Å²) in [6, 6.07) is 13.3. The third kappa shape index (κ3) is 4.07. The fourth-order valence-corrected chi connectivity index (χ4v) is 3.49. The summed E-state index contributed by atoms with van der Waals surface area (Å²) in [5.41, 5.74) is 4.48. The number of benzene rings is 1. The van der Waals surface area contributed by atoms with Crippen LogP contribution in [-0.2, 0) is 13.6 Å². The molecule has 0 atom stereocenters. The van der Waals surface area contributed by atoms with Crippen LogP contribution in [0.5, 0.6) is 0 Å². The highest BCUT2D eigenvalue weighted by Crippen LogP contribution is 2.24. The van der Waals surface area contributed by atoms with E-state index >= 15 is 0 Å². The van der Waals surface area contributed by atoms with Gasteiger partial charge in [0, 0.05) is 42.5 Å². The quantitative estimate of drug-likeness (QED) is 0.541. The summed E-state index contributed by atoms with van der Waals surface area (Å²) < 4.78 is 1.72. The maximum atomic E-state index is 12.3. The molecule has 140 valence electrons. The van der Waals surface area contributed by atoms with Gasteiger partial charge in [0.15, 0.2) is 5.13 Å². The highest BCUT2D eigenvalue weighted by molar-refractivity contribution is 7.14. The fraction of sp³-hybridized carbons (Fsp3) is 0.100. The number of urea groups is 1.